The number of carbonyl (C=O) groups excluding carboxylic acids is 2. The van der Waals surface area contributed by atoms with E-state index >= 15 is 0 Å². The molecule has 3 unspecified atom stereocenters. The molecule has 0 spiro atoms. The van der Waals surface area contributed by atoms with E-state index in [0.717, 1.165) is 18.4 Å². The van der Waals surface area contributed by atoms with Crippen molar-refractivity contribution in [3.05, 3.63) is 23.9 Å². The summed E-state index contributed by atoms with van der Waals surface area (Å²) in [5.74, 6) is -0.355. The molecule has 0 saturated carbocycles. The van der Waals surface area contributed by atoms with Gasteiger partial charge in [-0.2, -0.15) is 0 Å². The molecule has 1 saturated heterocycles. The topological polar surface area (TPSA) is 66.6 Å². The highest BCUT2D eigenvalue weighted by Gasteiger charge is 2.43. The summed E-state index contributed by atoms with van der Waals surface area (Å²) in [6, 6.07) is 0.0167. The third-order valence-electron chi connectivity index (χ3n) is 4.48. The number of likely N-dealkylation sites (N-methyl/N-ethyl adjacent to an activating group) is 1. The van der Waals surface area contributed by atoms with Crippen LogP contribution in [-0.4, -0.2) is 48.3 Å². The first-order chi connectivity index (χ1) is 9.38. The lowest BCUT2D eigenvalue weighted by atomic mass is 9.88. The maximum Gasteiger partial charge on any atom is 0.246 e. The minimum absolute atomic E-state index is 0.0167. The molecular formula is C15H23N3O2. The number of rotatable bonds is 4. The maximum absolute atomic E-state index is 12.4. The maximum atomic E-state index is 12.4. The summed E-state index contributed by atoms with van der Waals surface area (Å²) in [4.78, 5) is 27.9. The molecule has 5 nitrogen and oxygen atoms in total. The quantitative estimate of drug-likeness (QED) is 0.824. The van der Waals surface area contributed by atoms with E-state index in [2.05, 4.69) is 13.5 Å². The average molecular weight is 277 g/mol. The SMILES string of the molecule is C=CN1CCC(C2=C(C(N)=O)C(N(C)C)CC2C)C1=O. The zero-order valence-corrected chi connectivity index (χ0v) is 12.4. The molecule has 0 radical (unpaired) electrons. The fourth-order valence-electron chi connectivity index (χ4n) is 3.52. The average Bonchev–Trinajstić information content (AvgIpc) is 2.89. The van der Waals surface area contributed by atoms with Crippen LogP contribution in [-0.2, 0) is 9.59 Å². The van der Waals surface area contributed by atoms with Gasteiger partial charge < -0.3 is 15.5 Å². The molecule has 1 heterocycles. The van der Waals surface area contributed by atoms with E-state index in [1.165, 1.54) is 0 Å². The Balaban J connectivity index is 2.43. The van der Waals surface area contributed by atoms with Crippen molar-refractivity contribution in [3.63, 3.8) is 0 Å². The zero-order chi connectivity index (χ0) is 15.0. The Kier molecular flexibility index (Phi) is 3.99. The van der Waals surface area contributed by atoms with Gasteiger partial charge in [0.05, 0.1) is 5.92 Å². The molecule has 20 heavy (non-hydrogen) atoms. The van der Waals surface area contributed by atoms with Gasteiger partial charge in [-0.15, -0.1) is 0 Å². The molecule has 0 aromatic rings. The third kappa shape index (κ3) is 2.26. The molecule has 2 aliphatic rings. The smallest absolute Gasteiger partial charge is 0.246 e. The number of hydrogen-bond donors (Lipinski definition) is 1. The first-order valence-electron chi connectivity index (χ1n) is 7.01. The first-order valence-corrected chi connectivity index (χ1v) is 7.01. The van der Waals surface area contributed by atoms with E-state index < -0.39 is 5.91 Å². The molecule has 5 heteroatoms. The predicted molar refractivity (Wildman–Crippen MR) is 77.5 cm³/mol. The van der Waals surface area contributed by atoms with E-state index in [4.69, 9.17) is 5.73 Å². The van der Waals surface area contributed by atoms with Crippen molar-refractivity contribution < 1.29 is 9.59 Å². The van der Waals surface area contributed by atoms with Crippen LogP contribution in [0.5, 0.6) is 0 Å². The van der Waals surface area contributed by atoms with Gasteiger partial charge in [0.2, 0.25) is 11.8 Å². The number of amides is 2. The van der Waals surface area contributed by atoms with Crippen LogP contribution in [0.25, 0.3) is 0 Å². The Morgan fingerprint density at radius 3 is 2.60 bits per heavy atom. The Morgan fingerprint density at radius 2 is 2.15 bits per heavy atom. The molecule has 1 fully saturated rings. The largest absolute Gasteiger partial charge is 0.366 e. The minimum atomic E-state index is -0.395. The van der Waals surface area contributed by atoms with Crippen molar-refractivity contribution in [2.75, 3.05) is 20.6 Å². The van der Waals surface area contributed by atoms with Crippen LogP contribution in [0.15, 0.2) is 23.9 Å². The second-order valence-corrected chi connectivity index (χ2v) is 5.90. The highest BCUT2D eigenvalue weighted by Crippen LogP contribution is 2.42. The van der Waals surface area contributed by atoms with Crippen molar-refractivity contribution in [3.8, 4) is 0 Å². The summed E-state index contributed by atoms with van der Waals surface area (Å²) < 4.78 is 0. The fourth-order valence-corrected chi connectivity index (χ4v) is 3.52. The predicted octanol–water partition coefficient (Wildman–Crippen LogP) is 0.730. The second-order valence-electron chi connectivity index (χ2n) is 5.90. The minimum Gasteiger partial charge on any atom is -0.366 e. The van der Waals surface area contributed by atoms with E-state index in [0.29, 0.717) is 12.1 Å². The van der Waals surface area contributed by atoms with Crippen molar-refractivity contribution in [2.45, 2.75) is 25.8 Å². The van der Waals surface area contributed by atoms with Crippen LogP contribution in [0.2, 0.25) is 0 Å². The number of nitrogens with two attached hydrogens (primary N) is 1. The van der Waals surface area contributed by atoms with Crippen LogP contribution in [0.1, 0.15) is 19.8 Å². The van der Waals surface area contributed by atoms with E-state index in [1.807, 2.05) is 19.0 Å². The van der Waals surface area contributed by atoms with Crippen molar-refractivity contribution in [2.24, 2.45) is 17.6 Å². The van der Waals surface area contributed by atoms with Gasteiger partial charge >= 0.3 is 0 Å². The van der Waals surface area contributed by atoms with Gasteiger partial charge in [0.25, 0.3) is 0 Å². The summed E-state index contributed by atoms with van der Waals surface area (Å²) in [5.41, 5.74) is 7.18. The lowest BCUT2D eigenvalue weighted by Gasteiger charge is -2.21. The van der Waals surface area contributed by atoms with Crippen molar-refractivity contribution in [1.29, 1.82) is 0 Å². The molecule has 0 bridgehead atoms. The summed E-state index contributed by atoms with van der Waals surface area (Å²) in [5, 5.41) is 0. The van der Waals surface area contributed by atoms with E-state index in [1.54, 1.807) is 11.1 Å². The Hall–Kier alpha value is -1.62. The molecule has 2 amide bonds. The molecule has 110 valence electrons. The van der Waals surface area contributed by atoms with Gasteiger partial charge in [-0.1, -0.05) is 13.5 Å². The lowest BCUT2D eigenvalue weighted by molar-refractivity contribution is -0.127. The van der Waals surface area contributed by atoms with Crippen molar-refractivity contribution in [1.82, 2.24) is 9.80 Å². The Morgan fingerprint density at radius 1 is 1.50 bits per heavy atom. The van der Waals surface area contributed by atoms with Crippen LogP contribution in [0.4, 0.5) is 0 Å². The molecule has 0 aromatic heterocycles. The normalized spacial score (nSPS) is 30.5. The van der Waals surface area contributed by atoms with Crippen LogP contribution >= 0.6 is 0 Å². The highest BCUT2D eigenvalue weighted by atomic mass is 16.2. The number of likely N-dealkylation sites (tertiary alicyclic amines) is 1. The van der Waals surface area contributed by atoms with Crippen LogP contribution in [0.3, 0.4) is 0 Å². The number of carbonyl (C=O) groups is 2. The van der Waals surface area contributed by atoms with Gasteiger partial charge in [0.15, 0.2) is 0 Å². The van der Waals surface area contributed by atoms with Gasteiger partial charge in [-0.05, 0) is 44.6 Å². The molecular weight excluding hydrogens is 254 g/mol. The standard InChI is InChI=1S/C15H23N3O2/c1-5-18-7-6-10(15(18)20)12-9(2)8-11(17(3)4)13(12)14(16)19/h5,9-11H,1,6-8H2,2-4H3,(H2,16,19). The number of nitrogens with zero attached hydrogens (tertiary/aromatic N) is 2. The lowest BCUT2D eigenvalue weighted by Crippen LogP contribution is -2.34. The Labute approximate surface area is 120 Å². The summed E-state index contributed by atoms with van der Waals surface area (Å²) in [6.45, 7) is 6.40. The second kappa shape index (κ2) is 5.40. The first kappa shape index (κ1) is 14.8. The number of hydrogen-bond acceptors (Lipinski definition) is 3. The van der Waals surface area contributed by atoms with E-state index in [9.17, 15) is 9.59 Å². The number of primary amides is 1. The summed E-state index contributed by atoms with van der Waals surface area (Å²) in [6.07, 6.45) is 3.15. The molecule has 0 aromatic carbocycles. The molecule has 1 aliphatic heterocycles. The van der Waals surface area contributed by atoms with Gasteiger partial charge in [0.1, 0.15) is 0 Å². The summed E-state index contributed by atoms with van der Waals surface area (Å²) in [7, 11) is 3.88. The van der Waals surface area contributed by atoms with Gasteiger partial charge in [0, 0.05) is 18.2 Å². The Bertz CT molecular complexity index is 482. The van der Waals surface area contributed by atoms with Crippen LogP contribution in [0, 0.1) is 11.8 Å². The summed E-state index contributed by atoms with van der Waals surface area (Å²) >= 11 is 0. The monoisotopic (exact) mass is 277 g/mol. The van der Waals surface area contributed by atoms with Gasteiger partial charge in [-0.25, -0.2) is 0 Å². The fraction of sp³-hybridized carbons (Fsp3) is 0.600. The zero-order valence-electron chi connectivity index (χ0n) is 12.4. The van der Waals surface area contributed by atoms with Crippen LogP contribution < -0.4 is 5.73 Å². The van der Waals surface area contributed by atoms with Crippen molar-refractivity contribution >= 4 is 11.8 Å². The molecule has 2 rings (SSSR count). The highest BCUT2D eigenvalue weighted by molar-refractivity contribution is 5.97. The molecule has 1 aliphatic carbocycles. The molecule has 2 N–H and O–H groups in total. The van der Waals surface area contributed by atoms with Gasteiger partial charge in [-0.3, -0.25) is 9.59 Å². The van der Waals surface area contributed by atoms with E-state index in [-0.39, 0.29) is 23.8 Å². The molecule has 3 atom stereocenters. The third-order valence-corrected chi connectivity index (χ3v) is 4.48.